The Bertz CT molecular complexity index is 830. The van der Waals surface area contributed by atoms with E-state index in [0.29, 0.717) is 5.92 Å². The maximum Gasteiger partial charge on any atom is 0.261 e. The fraction of sp³-hybridized carbons (Fsp3) is 0.385. The van der Waals surface area contributed by atoms with Gasteiger partial charge in [0.2, 0.25) is 0 Å². The van der Waals surface area contributed by atoms with Crippen LogP contribution >= 0.6 is 0 Å². The second kappa shape index (κ2) is 9.58. The zero-order valence-electron chi connectivity index (χ0n) is 17.8. The Morgan fingerprint density at radius 3 is 2.10 bits per heavy atom. The van der Waals surface area contributed by atoms with Gasteiger partial charge in [0.1, 0.15) is 6.61 Å². The molecule has 1 aliphatic rings. The van der Waals surface area contributed by atoms with Gasteiger partial charge in [-0.3, -0.25) is 0 Å². The standard InChI is InChI=1S/C26H32O2Si/c1-26(2,3)29(24-15-6-4-7-16-24,25-17-8-5-9-18-25)28-21-19-23-13-10-12-22(23)14-11-20-27/h4-9,12,15-18,23,27H,10,13,19-21H2,1-3H3. The summed E-state index contributed by atoms with van der Waals surface area (Å²) in [5.41, 5.74) is 1.17. The van der Waals surface area contributed by atoms with E-state index in [-0.39, 0.29) is 11.6 Å². The van der Waals surface area contributed by atoms with E-state index in [1.165, 1.54) is 15.9 Å². The van der Waals surface area contributed by atoms with Crippen LogP contribution < -0.4 is 10.4 Å². The second-order valence-corrected chi connectivity index (χ2v) is 13.0. The third-order valence-corrected chi connectivity index (χ3v) is 10.9. The molecule has 1 N–H and O–H groups in total. The first kappa shape index (κ1) is 21.6. The summed E-state index contributed by atoms with van der Waals surface area (Å²) < 4.78 is 7.00. The predicted octanol–water partition coefficient (Wildman–Crippen LogP) is 4.29. The molecule has 0 spiro atoms. The van der Waals surface area contributed by atoms with E-state index in [4.69, 9.17) is 9.53 Å². The molecule has 3 heteroatoms. The van der Waals surface area contributed by atoms with Gasteiger partial charge in [0.05, 0.1) is 0 Å². The Labute approximate surface area is 176 Å². The third-order valence-electron chi connectivity index (χ3n) is 5.83. The molecule has 0 aromatic heterocycles. The van der Waals surface area contributed by atoms with E-state index >= 15 is 0 Å². The number of benzene rings is 2. The van der Waals surface area contributed by atoms with Crippen LogP contribution in [0.2, 0.25) is 5.04 Å². The Kier molecular flexibility index (Phi) is 7.13. The molecule has 2 aromatic rings. The van der Waals surface area contributed by atoms with E-state index < -0.39 is 8.32 Å². The molecule has 3 rings (SSSR count). The highest BCUT2D eigenvalue weighted by Crippen LogP contribution is 2.37. The van der Waals surface area contributed by atoms with Crippen molar-refractivity contribution >= 4 is 18.7 Å². The van der Waals surface area contributed by atoms with Gasteiger partial charge in [0, 0.05) is 12.2 Å². The fourth-order valence-electron chi connectivity index (χ4n) is 4.47. The van der Waals surface area contributed by atoms with Gasteiger partial charge in [-0.1, -0.05) is 99.4 Å². The van der Waals surface area contributed by atoms with Crippen LogP contribution in [-0.4, -0.2) is 26.6 Å². The van der Waals surface area contributed by atoms with Crippen LogP contribution in [0.3, 0.4) is 0 Å². The highest BCUT2D eigenvalue weighted by Gasteiger charge is 2.50. The van der Waals surface area contributed by atoms with E-state index in [9.17, 15) is 0 Å². The van der Waals surface area contributed by atoms with Crippen LogP contribution in [0.15, 0.2) is 72.3 Å². The average Bonchev–Trinajstić information content (AvgIpc) is 3.17. The third kappa shape index (κ3) is 4.73. The van der Waals surface area contributed by atoms with Crippen LogP contribution in [0, 0.1) is 17.8 Å². The minimum atomic E-state index is -2.46. The van der Waals surface area contributed by atoms with Crippen molar-refractivity contribution in [1.82, 2.24) is 0 Å². The fourth-order valence-corrected chi connectivity index (χ4v) is 9.05. The molecule has 2 aromatic carbocycles. The zero-order chi connectivity index (χ0) is 20.7. The molecule has 0 bridgehead atoms. The van der Waals surface area contributed by atoms with Gasteiger partial charge in [-0.05, 0) is 40.6 Å². The van der Waals surface area contributed by atoms with E-state index in [1.807, 2.05) is 0 Å². The molecule has 0 amide bonds. The molecule has 1 aliphatic carbocycles. The first-order valence-corrected chi connectivity index (χ1v) is 12.4. The number of aliphatic hydroxyl groups excluding tert-OH is 1. The molecular weight excluding hydrogens is 372 g/mol. The Balaban J connectivity index is 1.89. The van der Waals surface area contributed by atoms with Crippen LogP contribution in [-0.2, 0) is 4.43 Å². The summed E-state index contributed by atoms with van der Waals surface area (Å²) in [6.07, 6.45) is 5.38. The Morgan fingerprint density at radius 1 is 1.00 bits per heavy atom. The lowest BCUT2D eigenvalue weighted by molar-refractivity contribution is 0.272. The molecule has 0 heterocycles. The second-order valence-electron chi connectivity index (χ2n) is 8.69. The molecule has 0 radical (unpaired) electrons. The molecule has 152 valence electrons. The molecule has 1 unspecified atom stereocenters. The topological polar surface area (TPSA) is 29.5 Å². The van der Waals surface area contributed by atoms with Gasteiger partial charge in [0.25, 0.3) is 8.32 Å². The van der Waals surface area contributed by atoms with Crippen molar-refractivity contribution in [3.63, 3.8) is 0 Å². The van der Waals surface area contributed by atoms with Crippen molar-refractivity contribution in [3.05, 3.63) is 72.3 Å². The molecule has 0 saturated carbocycles. The normalized spacial score (nSPS) is 16.8. The monoisotopic (exact) mass is 404 g/mol. The lowest BCUT2D eigenvalue weighted by Gasteiger charge is -2.43. The number of rotatable bonds is 6. The Morgan fingerprint density at radius 2 is 1.59 bits per heavy atom. The van der Waals surface area contributed by atoms with Gasteiger partial charge >= 0.3 is 0 Å². The van der Waals surface area contributed by atoms with Crippen LogP contribution in [0.4, 0.5) is 0 Å². The van der Waals surface area contributed by atoms with Gasteiger partial charge < -0.3 is 9.53 Å². The lowest BCUT2D eigenvalue weighted by atomic mass is 9.99. The Hall–Kier alpha value is -2.12. The molecule has 1 atom stereocenters. The lowest BCUT2D eigenvalue weighted by Crippen LogP contribution is -2.66. The summed E-state index contributed by atoms with van der Waals surface area (Å²) in [5, 5.41) is 11.7. The number of hydrogen-bond donors (Lipinski definition) is 1. The minimum Gasteiger partial charge on any atom is -0.407 e. The maximum absolute atomic E-state index is 9.02. The zero-order valence-corrected chi connectivity index (χ0v) is 18.8. The highest BCUT2D eigenvalue weighted by atomic mass is 28.4. The first-order valence-electron chi connectivity index (χ1n) is 10.5. The average molecular weight is 405 g/mol. The largest absolute Gasteiger partial charge is 0.407 e. The van der Waals surface area contributed by atoms with Crippen LogP contribution in [0.25, 0.3) is 0 Å². The summed E-state index contributed by atoms with van der Waals surface area (Å²) in [6, 6.07) is 21.6. The molecule has 29 heavy (non-hydrogen) atoms. The first-order chi connectivity index (χ1) is 14.0. The minimum absolute atomic E-state index is 0.000740. The molecule has 2 nitrogen and oxygen atoms in total. The predicted molar refractivity (Wildman–Crippen MR) is 124 cm³/mol. The summed E-state index contributed by atoms with van der Waals surface area (Å²) in [5.74, 6) is 6.38. The maximum atomic E-state index is 9.02. The van der Waals surface area contributed by atoms with Crippen molar-refractivity contribution in [2.24, 2.45) is 5.92 Å². The van der Waals surface area contributed by atoms with E-state index in [0.717, 1.165) is 25.9 Å². The quantitative estimate of drug-likeness (QED) is 0.575. The van der Waals surface area contributed by atoms with Crippen LogP contribution in [0.5, 0.6) is 0 Å². The number of hydrogen-bond acceptors (Lipinski definition) is 2. The van der Waals surface area contributed by atoms with Crippen molar-refractivity contribution in [3.8, 4) is 11.8 Å². The highest BCUT2D eigenvalue weighted by molar-refractivity contribution is 6.99. The molecular formula is C26H32O2Si. The van der Waals surface area contributed by atoms with Crippen molar-refractivity contribution < 1.29 is 9.53 Å². The molecule has 0 fully saturated rings. The van der Waals surface area contributed by atoms with Gasteiger partial charge in [-0.25, -0.2) is 0 Å². The van der Waals surface area contributed by atoms with Gasteiger partial charge in [0.15, 0.2) is 0 Å². The van der Waals surface area contributed by atoms with E-state index in [2.05, 4.69) is 99.4 Å². The van der Waals surface area contributed by atoms with Crippen LogP contribution in [0.1, 0.15) is 40.0 Å². The smallest absolute Gasteiger partial charge is 0.261 e. The number of allylic oxidation sites excluding steroid dienone is 2. The van der Waals surface area contributed by atoms with E-state index in [1.54, 1.807) is 0 Å². The summed E-state index contributed by atoms with van der Waals surface area (Å²) >= 11 is 0. The summed E-state index contributed by atoms with van der Waals surface area (Å²) in [7, 11) is -2.46. The van der Waals surface area contributed by atoms with Gasteiger partial charge in [-0.15, -0.1) is 0 Å². The SMILES string of the molecule is CC(C)(C)[Si](OCCC1CCC=C1C#CCO)(c1ccccc1)c1ccccc1. The summed E-state index contributed by atoms with van der Waals surface area (Å²) in [6.45, 7) is 7.57. The molecule has 0 saturated heterocycles. The summed E-state index contributed by atoms with van der Waals surface area (Å²) in [4.78, 5) is 0. The van der Waals surface area contributed by atoms with Crippen molar-refractivity contribution in [2.75, 3.05) is 13.2 Å². The molecule has 0 aliphatic heterocycles. The number of aliphatic hydroxyl groups is 1. The van der Waals surface area contributed by atoms with Crippen molar-refractivity contribution in [2.45, 2.75) is 45.1 Å². The van der Waals surface area contributed by atoms with Crippen molar-refractivity contribution in [1.29, 1.82) is 0 Å². The van der Waals surface area contributed by atoms with Gasteiger partial charge in [-0.2, -0.15) is 0 Å².